The second kappa shape index (κ2) is 4.95. The lowest BCUT2D eigenvalue weighted by Crippen LogP contribution is -2.44. The van der Waals surface area contributed by atoms with Gasteiger partial charge >= 0.3 is 0 Å². The first-order valence-electron chi connectivity index (χ1n) is 6.63. The number of aromatic nitrogens is 2. The fourth-order valence-corrected chi connectivity index (χ4v) is 2.26. The quantitative estimate of drug-likeness (QED) is 0.797. The fourth-order valence-electron chi connectivity index (χ4n) is 2.26. The van der Waals surface area contributed by atoms with E-state index in [-0.39, 0.29) is 6.10 Å². The van der Waals surface area contributed by atoms with E-state index < -0.39 is 0 Å². The Morgan fingerprint density at radius 2 is 2.22 bits per heavy atom. The zero-order chi connectivity index (χ0) is 12.5. The molecule has 6 heteroatoms. The Hall–Kier alpha value is -0.980. The number of hydrogen-bond donors (Lipinski definition) is 2. The maximum atomic E-state index is 5.76. The molecule has 1 saturated heterocycles. The molecular weight excluding hydrogens is 232 g/mol. The van der Waals surface area contributed by atoms with Gasteiger partial charge in [0, 0.05) is 31.0 Å². The van der Waals surface area contributed by atoms with Crippen LogP contribution in [0.2, 0.25) is 0 Å². The molecule has 18 heavy (non-hydrogen) atoms. The van der Waals surface area contributed by atoms with Crippen LogP contribution >= 0.6 is 0 Å². The molecule has 1 saturated carbocycles. The highest BCUT2D eigenvalue weighted by Crippen LogP contribution is 2.35. The first-order valence-corrected chi connectivity index (χ1v) is 6.63. The van der Waals surface area contributed by atoms with Gasteiger partial charge in [0.1, 0.15) is 6.10 Å². The number of nitrogens with one attached hydrogen (secondary N) is 1. The van der Waals surface area contributed by atoms with Gasteiger partial charge < -0.3 is 20.2 Å². The minimum absolute atomic E-state index is 0.124. The van der Waals surface area contributed by atoms with Crippen molar-refractivity contribution in [1.29, 1.82) is 0 Å². The van der Waals surface area contributed by atoms with Crippen LogP contribution in [0.4, 0.5) is 0 Å². The predicted molar refractivity (Wildman–Crippen MR) is 65.0 cm³/mol. The third-order valence-electron chi connectivity index (χ3n) is 3.78. The Morgan fingerprint density at radius 3 is 2.83 bits per heavy atom. The number of rotatable bonds is 5. The highest BCUT2D eigenvalue weighted by atomic mass is 16.5. The molecule has 0 radical (unpaired) electrons. The summed E-state index contributed by atoms with van der Waals surface area (Å²) in [7, 11) is 0. The lowest BCUT2D eigenvalue weighted by atomic mass is 9.81. The first-order chi connectivity index (χ1) is 8.72. The summed E-state index contributed by atoms with van der Waals surface area (Å²) in [5.74, 6) is 2.27. The molecule has 1 atom stereocenters. The number of hydrogen-bond acceptors (Lipinski definition) is 6. The van der Waals surface area contributed by atoms with Crippen molar-refractivity contribution in [3.05, 3.63) is 11.8 Å². The van der Waals surface area contributed by atoms with E-state index in [4.69, 9.17) is 14.9 Å². The van der Waals surface area contributed by atoms with Crippen LogP contribution in [0.25, 0.3) is 0 Å². The van der Waals surface area contributed by atoms with Crippen LogP contribution in [0.15, 0.2) is 4.42 Å². The van der Waals surface area contributed by atoms with E-state index in [2.05, 4.69) is 15.5 Å². The van der Waals surface area contributed by atoms with Gasteiger partial charge in [-0.05, 0) is 19.8 Å². The molecular formula is C12H20N4O2. The Balaban J connectivity index is 1.51. The largest absolute Gasteiger partial charge is 0.422 e. The second-order valence-electron chi connectivity index (χ2n) is 5.41. The van der Waals surface area contributed by atoms with Crippen molar-refractivity contribution < 1.29 is 9.15 Å². The molecule has 2 fully saturated rings. The van der Waals surface area contributed by atoms with Crippen LogP contribution in [0.1, 0.15) is 43.6 Å². The zero-order valence-corrected chi connectivity index (χ0v) is 10.6. The normalized spacial score (nSPS) is 29.7. The van der Waals surface area contributed by atoms with Crippen LogP contribution in [-0.4, -0.2) is 35.9 Å². The van der Waals surface area contributed by atoms with E-state index in [1.807, 2.05) is 6.92 Å². The van der Waals surface area contributed by atoms with Crippen molar-refractivity contribution in [1.82, 2.24) is 15.5 Å². The van der Waals surface area contributed by atoms with Gasteiger partial charge in [0.15, 0.2) is 0 Å². The molecule has 1 aliphatic carbocycles. The maximum Gasteiger partial charge on any atom is 0.244 e. The van der Waals surface area contributed by atoms with E-state index in [9.17, 15) is 0 Å². The van der Waals surface area contributed by atoms with Gasteiger partial charge in [-0.1, -0.05) is 0 Å². The van der Waals surface area contributed by atoms with Crippen LogP contribution in [0.3, 0.4) is 0 Å². The monoisotopic (exact) mass is 252 g/mol. The standard InChI is InChI=1S/C12H20N4O2/c1-7(17-6-8-4-14-5-8)11-15-16-12(18-11)9-2-10(13)3-9/h7-10,14H,2-6,13H2,1H3/t7-,9?,10?/m1/s1. The molecule has 100 valence electrons. The summed E-state index contributed by atoms with van der Waals surface area (Å²) in [4.78, 5) is 0. The number of ether oxygens (including phenoxy) is 1. The lowest BCUT2D eigenvalue weighted by Gasteiger charge is -2.29. The summed E-state index contributed by atoms with van der Waals surface area (Å²) in [6, 6.07) is 0.296. The summed E-state index contributed by atoms with van der Waals surface area (Å²) < 4.78 is 11.4. The van der Waals surface area contributed by atoms with Crippen LogP contribution < -0.4 is 11.1 Å². The second-order valence-corrected chi connectivity index (χ2v) is 5.41. The lowest BCUT2D eigenvalue weighted by molar-refractivity contribution is 0.0114. The van der Waals surface area contributed by atoms with E-state index in [1.165, 1.54) is 0 Å². The summed E-state index contributed by atoms with van der Waals surface area (Å²) in [5.41, 5.74) is 5.76. The molecule has 0 bridgehead atoms. The third-order valence-corrected chi connectivity index (χ3v) is 3.78. The van der Waals surface area contributed by atoms with E-state index in [1.54, 1.807) is 0 Å². The summed E-state index contributed by atoms with van der Waals surface area (Å²) in [5, 5.41) is 11.4. The molecule has 2 heterocycles. The molecule has 0 unspecified atom stereocenters. The fraction of sp³-hybridized carbons (Fsp3) is 0.833. The molecule has 0 spiro atoms. The first kappa shape index (κ1) is 12.1. The third kappa shape index (κ3) is 2.41. The summed E-state index contributed by atoms with van der Waals surface area (Å²) >= 11 is 0. The van der Waals surface area contributed by atoms with Gasteiger partial charge in [0.2, 0.25) is 11.8 Å². The molecule has 1 aliphatic heterocycles. The highest BCUT2D eigenvalue weighted by molar-refractivity contribution is 5.02. The van der Waals surface area contributed by atoms with Crippen LogP contribution in [0, 0.1) is 5.92 Å². The summed E-state index contributed by atoms with van der Waals surface area (Å²) in [6.45, 7) is 4.79. The van der Waals surface area contributed by atoms with Gasteiger partial charge in [-0.2, -0.15) is 0 Å². The van der Waals surface area contributed by atoms with Gasteiger partial charge in [0.05, 0.1) is 6.61 Å². The predicted octanol–water partition coefficient (Wildman–Crippen LogP) is 0.571. The van der Waals surface area contributed by atoms with E-state index in [0.29, 0.717) is 29.7 Å². The van der Waals surface area contributed by atoms with Gasteiger partial charge in [-0.25, -0.2) is 0 Å². The molecule has 1 aromatic heterocycles. The zero-order valence-electron chi connectivity index (χ0n) is 10.6. The van der Waals surface area contributed by atoms with Crippen molar-refractivity contribution in [2.24, 2.45) is 11.7 Å². The average molecular weight is 252 g/mol. The van der Waals surface area contributed by atoms with Gasteiger partial charge in [-0.15, -0.1) is 10.2 Å². The molecule has 0 amide bonds. The van der Waals surface area contributed by atoms with E-state index in [0.717, 1.165) is 32.5 Å². The van der Waals surface area contributed by atoms with E-state index >= 15 is 0 Å². The Kier molecular flexibility index (Phi) is 3.32. The Bertz CT molecular complexity index is 399. The topological polar surface area (TPSA) is 86.2 Å². The summed E-state index contributed by atoms with van der Waals surface area (Å²) in [6.07, 6.45) is 1.77. The van der Waals surface area contributed by atoms with Crippen molar-refractivity contribution in [3.8, 4) is 0 Å². The van der Waals surface area contributed by atoms with Crippen molar-refractivity contribution >= 4 is 0 Å². The molecule has 2 aliphatic rings. The molecule has 3 rings (SSSR count). The van der Waals surface area contributed by atoms with Crippen molar-refractivity contribution in [2.45, 2.75) is 37.8 Å². The van der Waals surface area contributed by atoms with Crippen LogP contribution in [0.5, 0.6) is 0 Å². The minimum Gasteiger partial charge on any atom is -0.422 e. The SMILES string of the molecule is C[C@@H](OCC1CNC1)c1nnc(C2CC(N)C2)o1. The number of nitrogens with zero attached hydrogens (tertiary/aromatic N) is 2. The van der Waals surface area contributed by atoms with Crippen molar-refractivity contribution in [2.75, 3.05) is 19.7 Å². The highest BCUT2D eigenvalue weighted by Gasteiger charge is 2.32. The average Bonchev–Trinajstić information content (AvgIpc) is 2.71. The van der Waals surface area contributed by atoms with Crippen molar-refractivity contribution in [3.63, 3.8) is 0 Å². The van der Waals surface area contributed by atoms with Crippen LogP contribution in [-0.2, 0) is 4.74 Å². The number of nitrogens with two attached hydrogens (primary N) is 1. The minimum atomic E-state index is -0.124. The smallest absolute Gasteiger partial charge is 0.244 e. The van der Waals surface area contributed by atoms with Gasteiger partial charge in [0.25, 0.3) is 0 Å². The maximum absolute atomic E-state index is 5.76. The Morgan fingerprint density at radius 1 is 1.44 bits per heavy atom. The molecule has 1 aromatic rings. The molecule has 3 N–H and O–H groups in total. The molecule has 0 aromatic carbocycles. The van der Waals surface area contributed by atoms with Gasteiger partial charge in [-0.3, -0.25) is 0 Å². The Labute approximate surface area is 106 Å². The molecule has 6 nitrogen and oxygen atoms in total.